The van der Waals surface area contributed by atoms with Gasteiger partial charge in [0.2, 0.25) is 11.8 Å². The quantitative estimate of drug-likeness (QED) is 0.332. The van der Waals surface area contributed by atoms with Crippen molar-refractivity contribution in [2.75, 3.05) is 58.8 Å². The molecule has 0 spiro atoms. The van der Waals surface area contributed by atoms with Gasteiger partial charge in [-0.3, -0.25) is 14.4 Å². The lowest BCUT2D eigenvalue weighted by atomic mass is 9.98. The Balaban J connectivity index is 1.56. The molecule has 1 aliphatic heterocycles. The standard InChI is InChI=1S/C32H37Cl2N5O3/c1-36(2)32(42)25-12-8-23(9-13-25)22-6-10-24(11-7-22)29(19-38-16-4-5-17-38)37(3)31(41)21-39(20-30(35)40)26-14-15-27(33)28(34)18-26/h6-15,18,29H,4-5,16-17,19-21H2,1-3H3,(H2,35,40). The van der Waals surface area contributed by atoms with Gasteiger partial charge in [-0.2, -0.15) is 0 Å². The van der Waals surface area contributed by atoms with Crippen molar-refractivity contribution in [3.05, 3.63) is 87.9 Å². The van der Waals surface area contributed by atoms with Crippen LogP contribution in [0, 0.1) is 0 Å². The fourth-order valence-corrected chi connectivity index (χ4v) is 5.47. The number of rotatable bonds is 11. The van der Waals surface area contributed by atoms with Crippen molar-refractivity contribution in [2.45, 2.75) is 18.9 Å². The smallest absolute Gasteiger partial charge is 0.253 e. The Hall–Kier alpha value is -3.59. The van der Waals surface area contributed by atoms with E-state index in [1.807, 2.05) is 36.4 Å². The summed E-state index contributed by atoms with van der Waals surface area (Å²) in [6, 6.07) is 20.5. The van der Waals surface area contributed by atoms with Crippen LogP contribution < -0.4 is 10.6 Å². The number of primary amides is 1. The van der Waals surface area contributed by atoms with Crippen LogP contribution in [0.25, 0.3) is 11.1 Å². The Bertz CT molecular complexity index is 1410. The summed E-state index contributed by atoms with van der Waals surface area (Å²) >= 11 is 12.3. The molecule has 10 heteroatoms. The number of nitrogens with zero attached hydrogens (tertiary/aromatic N) is 4. The van der Waals surface area contributed by atoms with E-state index in [0.29, 0.717) is 27.8 Å². The minimum Gasteiger partial charge on any atom is -0.368 e. The Kier molecular flexibility index (Phi) is 10.5. The highest BCUT2D eigenvalue weighted by Crippen LogP contribution is 2.29. The number of likely N-dealkylation sites (N-methyl/N-ethyl adjacent to an activating group) is 1. The van der Waals surface area contributed by atoms with Crippen LogP contribution in [0.15, 0.2) is 66.7 Å². The molecule has 1 unspecified atom stereocenters. The van der Waals surface area contributed by atoms with Gasteiger partial charge in [-0.15, -0.1) is 0 Å². The van der Waals surface area contributed by atoms with E-state index in [4.69, 9.17) is 28.9 Å². The zero-order valence-corrected chi connectivity index (χ0v) is 25.7. The highest BCUT2D eigenvalue weighted by atomic mass is 35.5. The summed E-state index contributed by atoms with van der Waals surface area (Å²) in [5.74, 6) is -0.750. The number of hydrogen-bond acceptors (Lipinski definition) is 5. The number of nitrogens with two attached hydrogens (primary N) is 1. The molecule has 0 bridgehead atoms. The first-order valence-electron chi connectivity index (χ1n) is 13.9. The van der Waals surface area contributed by atoms with E-state index in [1.165, 1.54) is 0 Å². The highest BCUT2D eigenvalue weighted by Gasteiger charge is 2.27. The first-order chi connectivity index (χ1) is 20.0. The second kappa shape index (κ2) is 14.1. The molecule has 0 saturated carbocycles. The van der Waals surface area contributed by atoms with Crippen LogP contribution in [0.4, 0.5) is 5.69 Å². The SMILES string of the molecule is CN(C)C(=O)c1ccc(-c2ccc(C(CN3CCCC3)N(C)C(=O)CN(CC(N)=O)c3ccc(Cl)c(Cl)c3)cc2)cc1. The van der Waals surface area contributed by atoms with Crippen molar-refractivity contribution in [1.82, 2.24) is 14.7 Å². The summed E-state index contributed by atoms with van der Waals surface area (Å²) in [6.07, 6.45) is 2.28. The number of carbonyl (C=O) groups is 3. The van der Waals surface area contributed by atoms with E-state index >= 15 is 0 Å². The second-order valence-corrected chi connectivity index (χ2v) is 11.7. The van der Waals surface area contributed by atoms with E-state index in [-0.39, 0.29) is 30.9 Å². The number of anilines is 1. The van der Waals surface area contributed by atoms with Crippen molar-refractivity contribution in [3.63, 3.8) is 0 Å². The third-order valence-corrected chi connectivity index (χ3v) is 8.34. The highest BCUT2D eigenvalue weighted by molar-refractivity contribution is 6.42. The van der Waals surface area contributed by atoms with Gasteiger partial charge in [0.1, 0.15) is 0 Å². The molecule has 222 valence electrons. The first-order valence-corrected chi connectivity index (χ1v) is 14.7. The summed E-state index contributed by atoms with van der Waals surface area (Å²) < 4.78 is 0. The first kappa shape index (κ1) is 31.3. The molecule has 2 N–H and O–H groups in total. The van der Waals surface area contributed by atoms with Gasteiger partial charge < -0.3 is 25.3 Å². The van der Waals surface area contributed by atoms with Crippen LogP contribution in [0.3, 0.4) is 0 Å². The number of carbonyl (C=O) groups excluding carboxylic acids is 3. The number of likely N-dealkylation sites (tertiary alicyclic amines) is 1. The molecular weight excluding hydrogens is 573 g/mol. The fourth-order valence-electron chi connectivity index (χ4n) is 5.18. The van der Waals surface area contributed by atoms with Gasteiger partial charge in [-0.1, -0.05) is 59.6 Å². The second-order valence-electron chi connectivity index (χ2n) is 10.8. The number of amides is 3. The van der Waals surface area contributed by atoms with Gasteiger partial charge in [0.25, 0.3) is 5.91 Å². The number of halogens is 2. The molecule has 1 aliphatic rings. The largest absolute Gasteiger partial charge is 0.368 e. The van der Waals surface area contributed by atoms with E-state index in [0.717, 1.165) is 42.6 Å². The molecular formula is C32H37Cl2N5O3. The predicted octanol–water partition coefficient (Wildman–Crippen LogP) is 4.95. The third-order valence-electron chi connectivity index (χ3n) is 7.60. The lowest BCUT2D eigenvalue weighted by Gasteiger charge is -2.34. The van der Waals surface area contributed by atoms with E-state index < -0.39 is 5.91 Å². The van der Waals surface area contributed by atoms with Gasteiger partial charge in [-0.25, -0.2) is 0 Å². The third kappa shape index (κ3) is 7.82. The molecule has 42 heavy (non-hydrogen) atoms. The Labute approximate surface area is 257 Å². The monoisotopic (exact) mass is 609 g/mol. The van der Waals surface area contributed by atoms with Crippen LogP contribution in [0.5, 0.6) is 0 Å². The van der Waals surface area contributed by atoms with Crippen LogP contribution >= 0.6 is 23.2 Å². The molecule has 3 aromatic rings. The van der Waals surface area contributed by atoms with Crippen molar-refractivity contribution in [3.8, 4) is 11.1 Å². The van der Waals surface area contributed by atoms with Crippen LogP contribution in [-0.4, -0.2) is 86.3 Å². The summed E-state index contributed by atoms with van der Waals surface area (Å²) in [5, 5.41) is 0.713. The number of hydrogen-bond donors (Lipinski definition) is 1. The van der Waals surface area contributed by atoms with Gasteiger partial charge in [0, 0.05) is 38.9 Å². The minimum atomic E-state index is -0.556. The summed E-state index contributed by atoms with van der Waals surface area (Å²) in [6.45, 7) is 2.49. The predicted molar refractivity (Wildman–Crippen MR) is 169 cm³/mol. The molecule has 1 saturated heterocycles. The lowest BCUT2D eigenvalue weighted by molar-refractivity contribution is -0.131. The summed E-state index contributed by atoms with van der Waals surface area (Å²) in [5.41, 5.74) is 9.77. The maximum atomic E-state index is 13.7. The molecule has 3 aromatic carbocycles. The fraction of sp³-hybridized carbons (Fsp3) is 0.344. The van der Waals surface area contributed by atoms with Gasteiger partial charge in [0.05, 0.1) is 29.2 Å². The molecule has 3 amide bonds. The average Bonchev–Trinajstić information content (AvgIpc) is 3.49. The van der Waals surface area contributed by atoms with Crippen LogP contribution in [-0.2, 0) is 9.59 Å². The van der Waals surface area contributed by atoms with Crippen molar-refractivity contribution in [1.29, 1.82) is 0 Å². The van der Waals surface area contributed by atoms with Gasteiger partial charge in [-0.05, 0) is 73.0 Å². The molecule has 1 fully saturated rings. The molecule has 4 rings (SSSR count). The Morgan fingerprint density at radius 1 is 0.833 bits per heavy atom. The lowest BCUT2D eigenvalue weighted by Crippen LogP contribution is -2.45. The van der Waals surface area contributed by atoms with E-state index in [9.17, 15) is 14.4 Å². The van der Waals surface area contributed by atoms with E-state index in [2.05, 4.69) is 17.0 Å². The topological polar surface area (TPSA) is 90.2 Å². The van der Waals surface area contributed by atoms with Crippen molar-refractivity contribution in [2.24, 2.45) is 5.73 Å². The minimum absolute atomic E-state index is 0.0390. The molecule has 0 aliphatic carbocycles. The summed E-state index contributed by atoms with van der Waals surface area (Å²) in [7, 11) is 5.27. The zero-order valence-electron chi connectivity index (χ0n) is 24.2. The van der Waals surface area contributed by atoms with Crippen LogP contribution in [0.1, 0.15) is 34.8 Å². The Morgan fingerprint density at radius 2 is 1.43 bits per heavy atom. The number of benzene rings is 3. The van der Waals surface area contributed by atoms with Gasteiger partial charge >= 0.3 is 0 Å². The summed E-state index contributed by atoms with van der Waals surface area (Å²) in [4.78, 5) is 45.1. The van der Waals surface area contributed by atoms with Crippen molar-refractivity contribution >= 4 is 46.6 Å². The maximum absolute atomic E-state index is 13.7. The zero-order chi connectivity index (χ0) is 30.4. The van der Waals surface area contributed by atoms with Crippen LogP contribution in [0.2, 0.25) is 10.0 Å². The molecule has 1 atom stereocenters. The molecule has 0 aromatic heterocycles. The Morgan fingerprint density at radius 3 is 1.98 bits per heavy atom. The maximum Gasteiger partial charge on any atom is 0.253 e. The van der Waals surface area contributed by atoms with E-state index in [1.54, 1.807) is 54.0 Å². The van der Waals surface area contributed by atoms with Crippen molar-refractivity contribution < 1.29 is 14.4 Å². The molecule has 0 radical (unpaired) electrons. The average molecular weight is 611 g/mol. The molecule has 1 heterocycles. The van der Waals surface area contributed by atoms with Gasteiger partial charge in [0.15, 0.2) is 0 Å². The molecule has 8 nitrogen and oxygen atoms in total. The normalized spacial score (nSPS) is 13.9.